The highest BCUT2D eigenvalue weighted by molar-refractivity contribution is 7.84. The molecule has 0 bridgehead atoms. The second-order valence-corrected chi connectivity index (χ2v) is 6.64. The van der Waals surface area contributed by atoms with Gasteiger partial charge in [0, 0.05) is 33.9 Å². The van der Waals surface area contributed by atoms with Crippen LogP contribution in [0.5, 0.6) is 0 Å². The smallest absolute Gasteiger partial charge is 0.0583 e. The van der Waals surface area contributed by atoms with Crippen molar-refractivity contribution in [1.82, 2.24) is 0 Å². The van der Waals surface area contributed by atoms with Gasteiger partial charge in [0.15, 0.2) is 0 Å². The average molecular weight is 287 g/mol. The number of hydrogen-bond acceptors (Lipinski definition) is 2. The molecule has 18 heavy (non-hydrogen) atoms. The zero-order chi connectivity index (χ0) is 12.8. The molecule has 1 saturated heterocycles. The molecule has 2 rings (SSSR count). The van der Waals surface area contributed by atoms with E-state index in [9.17, 15) is 4.21 Å². The third-order valence-electron chi connectivity index (χ3n) is 3.22. The van der Waals surface area contributed by atoms with Crippen LogP contribution in [-0.4, -0.2) is 22.7 Å². The molecule has 0 radical (unpaired) electrons. The molecule has 1 fully saturated rings. The molecule has 1 aromatic carbocycles. The molecular weight excluding hydrogens is 268 g/mol. The van der Waals surface area contributed by atoms with Crippen LogP contribution in [0.1, 0.15) is 31.2 Å². The van der Waals surface area contributed by atoms with Crippen LogP contribution in [0.4, 0.5) is 0 Å². The SMILES string of the molecule is O=[S@@](CC[C@@H]1CCCCO1)Cc1ccccc1Cl. The normalized spacial score (nSPS) is 21.7. The van der Waals surface area contributed by atoms with Crippen molar-refractivity contribution in [2.45, 2.75) is 37.5 Å². The highest BCUT2D eigenvalue weighted by atomic mass is 35.5. The number of halogens is 1. The summed E-state index contributed by atoms with van der Waals surface area (Å²) in [7, 11) is -0.847. The fourth-order valence-corrected chi connectivity index (χ4v) is 3.71. The first-order chi connectivity index (χ1) is 8.75. The highest BCUT2D eigenvalue weighted by Gasteiger charge is 2.15. The van der Waals surface area contributed by atoms with Gasteiger partial charge in [-0.3, -0.25) is 4.21 Å². The van der Waals surface area contributed by atoms with Crippen LogP contribution < -0.4 is 0 Å². The van der Waals surface area contributed by atoms with Gasteiger partial charge in [-0.15, -0.1) is 0 Å². The lowest BCUT2D eigenvalue weighted by molar-refractivity contribution is 0.0148. The maximum absolute atomic E-state index is 12.0. The van der Waals surface area contributed by atoms with E-state index in [1.54, 1.807) is 0 Å². The quantitative estimate of drug-likeness (QED) is 0.827. The van der Waals surface area contributed by atoms with E-state index in [1.807, 2.05) is 24.3 Å². The maximum Gasteiger partial charge on any atom is 0.0583 e. The summed E-state index contributed by atoms with van der Waals surface area (Å²) >= 11 is 6.06. The van der Waals surface area contributed by atoms with E-state index >= 15 is 0 Å². The molecule has 1 aliphatic rings. The molecule has 1 heterocycles. The van der Waals surface area contributed by atoms with E-state index in [-0.39, 0.29) is 0 Å². The molecule has 0 amide bonds. The van der Waals surface area contributed by atoms with Crippen LogP contribution in [0.2, 0.25) is 5.02 Å². The van der Waals surface area contributed by atoms with Crippen LogP contribution in [0, 0.1) is 0 Å². The minimum Gasteiger partial charge on any atom is -0.378 e. The van der Waals surface area contributed by atoms with Gasteiger partial charge in [-0.1, -0.05) is 29.8 Å². The van der Waals surface area contributed by atoms with E-state index in [4.69, 9.17) is 16.3 Å². The van der Waals surface area contributed by atoms with Crippen molar-refractivity contribution >= 4 is 22.4 Å². The Morgan fingerprint density at radius 3 is 2.89 bits per heavy atom. The Bertz CT molecular complexity index is 403. The molecule has 0 saturated carbocycles. The summed E-state index contributed by atoms with van der Waals surface area (Å²) in [6, 6.07) is 7.61. The van der Waals surface area contributed by atoms with Crippen molar-refractivity contribution in [3.8, 4) is 0 Å². The minimum absolute atomic E-state index is 0.314. The van der Waals surface area contributed by atoms with Crippen LogP contribution >= 0.6 is 11.6 Å². The van der Waals surface area contributed by atoms with E-state index in [2.05, 4.69) is 0 Å². The predicted octanol–water partition coefficient (Wildman–Crippen LogP) is 3.55. The number of benzene rings is 1. The molecule has 1 aromatic rings. The first kappa shape index (κ1) is 14.0. The van der Waals surface area contributed by atoms with Gasteiger partial charge in [-0.05, 0) is 37.3 Å². The Balaban J connectivity index is 1.76. The molecule has 4 heteroatoms. The highest BCUT2D eigenvalue weighted by Crippen LogP contribution is 2.19. The van der Waals surface area contributed by atoms with Gasteiger partial charge >= 0.3 is 0 Å². The largest absolute Gasteiger partial charge is 0.378 e. The summed E-state index contributed by atoms with van der Waals surface area (Å²) in [5.41, 5.74) is 0.974. The molecule has 0 spiro atoms. The van der Waals surface area contributed by atoms with Gasteiger partial charge in [0.25, 0.3) is 0 Å². The summed E-state index contributed by atoms with van der Waals surface area (Å²) in [6.07, 6.45) is 4.73. The van der Waals surface area contributed by atoms with Crippen LogP contribution in [0.15, 0.2) is 24.3 Å². The molecule has 2 atom stereocenters. The van der Waals surface area contributed by atoms with Gasteiger partial charge in [-0.2, -0.15) is 0 Å². The Morgan fingerprint density at radius 2 is 2.17 bits per heavy atom. The summed E-state index contributed by atoms with van der Waals surface area (Å²) in [5, 5.41) is 0.708. The van der Waals surface area contributed by atoms with Gasteiger partial charge in [0.05, 0.1) is 6.10 Å². The molecule has 1 aliphatic heterocycles. The molecular formula is C14H19ClO2S. The van der Waals surface area contributed by atoms with Crippen molar-refractivity contribution in [3.05, 3.63) is 34.9 Å². The van der Waals surface area contributed by atoms with Crippen LogP contribution in [0.3, 0.4) is 0 Å². The molecule has 0 unspecified atom stereocenters. The summed E-state index contributed by atoms with van der Waals surface area (Å²) < 4.78 is 17.6. The topological polar surface area (TPSA) is 26.3 Å². The second kappa shape index (κ2) is 7.27. The molecule has 0 aromatic heterocycles. The molecule has 100 valence electrons. The van der Waals surface area contributed by atoms with Crippen LogP contribution in [-0.2, 0) is 21.3 Å². The first-order valence-electron chi connectivity index (χ1n) is 6.45. The van der Waals surface area contributed by atoms with Crippen molar-refractivity contribution in [2.24, 2.45) is 0 Å². The Morgan fingerprint density at radius 1 is 1.33 bits per heavy atom. The molecule has 0 N–H and O–H groups in total. The first-order valence-corrected chi connectivity index (χ1v) is 8.32. The zero-order valence-corrected chi connectivity index (χ0v) is 12.0. The van der Waals surface area contributed by atoms with Crippen molar-refractivity contribution < 1.29 is 8.95 Å². The molecule has 2 nitrogen and oxygen atoms in total. The third kappa shape index (κ3) is 4.38. The lowest BCUT2D eigenvalue weighted by atomic mass is 10.1. The average Bonchev–Trinajstić information content (AvgIpc) is 2.40. The maximum atomic E-state index is 12.0. The molecule has 0 aliphatic carbocycles. The van der Waals surface area contributed by atoms with E-state index in [0.717, 1.165) is 25.0 Å². The predicted molar refractivity (Wildman–Crippen MR) is 76.4 cm³/mol. The monoisotopic (exact) mass is 286 g/mol. The summed E-state index contributed by atoms with van der Waals surface area (Å²) in [5.74, 6) is 1.25. The van der Waals surface area contributed by atoms with Gasteiger partial charge in [0.1, 0.15) is 0 Å². The summed E-state index contributed by atoms with van der Waals surface area (Å²) in [6.45, 7) is 0.863. The fourth-order valence-electron chi connectivity index (χ4n) is 2.16. The summed E-state index contributed by atoms with van der Waals surface area (Å²) in [4.78, 5) is 0. The second-order valence-electron chi connectivity index (χ2n) is 4.66. The van der Waals surface area contributed by atoms with Crippen LogP contribution in [0.25, 0.3) is 0 Å². The number of ether oxygens (including phenoxy) is 1. The fraction of sp³-hybridized carbons (Fsp3) is 0.571. The minimum atomic E-state index is -0.847. The standard InChI is InChI=1S/C14H19ClO2S/c15-14-7-2-1-5-12(14)11-18(16)10-8-13-6-3-4-9-17-13/h1-2,5,7,13H,3-4,6,8-11H2/t13-,18-/m0/s1. The van der Waals surface area contributed by atoms with Crippen molar-refractivity contribution in [2.75, 3.05) is 12.4 Å². The lowest BCUT2D eigenvalue weighted by Crippen LogP contribution is -2.21. The lowest BCUT2D eigenvalue weighted by Gasteiger charge is -2.22. The van der Waals surface area contributed by atoms with Crippen molar-refractivity contribution in [3.63, 3.8) is 0 Å². The van der Waals surface area contributed by atoms with E-state index < -0.39 is 10.8 Å². The zero-order valence-electron chi connectivity index (χ0n) is 10.4. The van der Waals surface area contributed by atoms with E-state index in [1.165, 1.54) is 12.8 Å². The third-order valence-corrected chi connectivity index (χ3v) is 4.91. The van der Waals surface area contributed by atoms with E-state index in [0.29, 0.717) is 22.6 Å². The van der Waals surface area contributed by atoms with Gasteiger partial charge in [-0.25, -0.2) is 0 Å². The number of hydrogen-bond donors (Lipinski definition) is 0. The number of rotatable bonds is 5. The Hall–Kier alpha value is -0.380. The Labute approximate surface area is 116 Å². The van der Waals surface area contributed by atoms with Gasteiger partial charge in [0.2, 0.25) is 0 Å². The van der Waals surface area contributed by atoms with Crippen molar-refractivity contribution in [1.29, 1.82) is 0 Å². The van der Waals surface area contributed by atoms with Gasteiger partial charge < -0.3 is 4.74 Å². The Kier molecular flexibility index (Phi) is 5.67.